The molecule has 0 atom stereocenters. The van der Waals surface area contributed by atoms with Gasteiger partial charge in [-0.25, -0.2) is 0 Å². The molecular formula is C4H2NO3-. The Hall–Kier alpha value is -1.16. The van der Waals surface area contributed by atoms with E-state index in [-0.39, 0.29) is 5.06 Å². The van der Waals surface area contributed by atoms with Gasteiger partial charge < -0.3 is 10.3 Å². The summed E-state index contributed by atoms with van der Waals surface area (Å²) in [6.07, 6.45) is 1.88. The fraction of sp³-hybridized carbons (Fsp3) is 0. The summed E-state index contributed by atoms with van der Waals surface area (Å²) in [7, 11) is 0. The first-order chi connectivity index (χ1) is 3.72. The Bertz CT molecular complexity index is 154. The summed E-state index contributed by atoms with van der Waals surface area (Å²) in [5.41, 5.74) is 0. The first-order valence-corrected chi connectivity index (χ1v) is 1.95. The van der Waals surface area contributed by atoms with Crippen LogP contribution in [0.15, 0.2) is 12.2 Å². The van der Waals surface area contributed by atoms with Crippen LogP contribution in [0.1, 0.15) is 0 Å². The van der Waals surface area contributed by atoms with Gasteiger partial charge in [0.15, 0.2) is 0 Å². The van der Waals surface area contributed by atoms with Crippen molar-refractivity contribution in [3.63, 3.8) is 0 Å². The summed E-state index contributed by atoms with van der Waals surface area (Å²) in [5, 5.41) is 9.87. The monoisotopic (exact) mass is 112 g/mol. The number of carbonyl (C=O) groups is 2. The molecule has 1 aliphatic heterocycles. The van der Waals surface area contributed by atoms with E-state index in [4.69, 9.17) is 0 Å². The molecule has 4 nitrogen and oxygen atoms in total. The predicted molar refractivity (Wildman–Crippen MR) is 24.4 cm³/mol. The van der Waals surface area contributed by atoms with Gasteiger partial charge in [-0.3, -0.25) is 9.59 Å². The molecule has 1 heterocycles. The molecule has 0 bridgehead atoms. The second-order valence-corrected chi connectivity index (χ2v) is 1.30. The smallest absolute Gasteiger partial charge is 0.243 e. The number of amides is 2. The minimum atomic E-state index is -0.796. The quantitative estimate of drug-likeness (QED) is 0.393. The first-order valence-electron chi connectivity index (χ1n) is 1.95. The van der Waals surface area contributed by atoms with Crippen molar-refractivity contribution in [2.75, 3.05) is 0 Å². The average Bonchev–Trinajstić information content (AvgIpc) is 1.98. The molecule has 8 heavy (non-hydrogen) atoms. The average molecular weight is 112 g/mol. The minimum absolute atomic E-state index is 0.194. The van der Waals surface area contributed by atoms with Gasteiger partial charge in [-0.1, -0.05) is 0 Å². The lowest BCUT2D eigenvalue weighted by Crippen LogP contribution is -2.22. The molecular weight excluding hydrogens is 110 g/mol. The molecule has 0 aromatic carbocycles. The van der Waals surface area contributed by atoms with Gasteiger partial charge in [-0.05, 0) is 0 Å². The molecule has 42 valence electrons. The fourth-order valence-electron chi connectivity index (χ4n) is 0.387. The molecule has 0 aromatic heterocycles. The number of imide groups is 1. The van der Waals surface area contributed by atoms with Crippen molar-refractivity contribution in [2.24, 2.45) is 0 Å². The Balaban J connectivity index is 2.84. The van der Waals surface area contributed by atoms with Crippen LogP contribution in [0.2, 0.25) is 0 Å². The Morgan fingerprint density at radius 1 is 1.25 bits per heavy atom. The van der Waals surface area contributed by atoms with E-state index in [1.807, 2.05) is 0 Å². The summed E-state index contributed by atoms with van der Waals surface area (Å²) in [6, 6.07) is 0. The van der Waals surface area contributed by atoms with E-state index in [2.05, 4.69) is 0 Å². The molecule has 4 heteroatoms. The van der Waals surface area contributed by atoms with Gasteiger partial charge in [0.2, 0.25) is 11.8 Å². The molecule has 0 N–H and O–H groups in total. The van der Waals surface area contributed by atoms with Gasteiger partial charge in [0, 0.05) is 12.2 Å². The lowest BCUT2D eigenvalue weighted by molar-refractivity contribution is -0.133. The second kappa shape index (κ2) is 1.41. The maximum atomic E-state index is 10.1. The lowest BCUT2D eigenvalue weighted by atomic mass is 10.6. The van der Waals surface area contributed by atoms with Crippen molar-refractivity contribution in [3.05, 3.63) is 17.4 Å². The maximum Gasteiger partial charge on any atom is 0.243 e. The molecule has 0 aliphatic carbocycles. The zero-order valence-electron chi connectivity index (χ0n) is 3.83. The second-order valence-electron chi connectivity index (χ2n) is 1.30. The third-order valence-corrected chi connectivity index (χ3v) is 0.769. The summed E-state index contributed by atoms with van der Waals surface area (Å²) >= 11 is 0. The molecule has 2 amide bonds. The van der Waals surface area contributed by atoms with Crippen molar-refractivity contribution in [1.29, 1.82) is 0 Å². The molecule has 0 saturated heterocycles. The van der Waals surface area contributed by atoms with Gasteiger partial charge in [-0.2, -0.15) is 0 Å². The van der Waals surface area contributed by atoms with E-state index >= 15 is 0 Å². The van der Waals surface area contributed by atoms with Crippen LogP contribution in [0.5, 0.6) is 0 Å². The molecule has 0 saturated carbocycles. The summed E-state index contributed by atoms with van der Waals surface area (Å²) in [4.78, 5) is 20.2. The minimum Gasteiger partial charge on any atom is -0.749 e. The molecule has 0 radical (unpaired) electrons. The highest BCUT2D eigenvalue weighted by atomic mass is 16.5. The van der Waals surface area contributed by atoms with Crippen LogP contribution in [0.25, 0.3) is 0 Å². The van der Waals surface area contributed by atoms with Crippen molar-refractivity contribution >= 4 is 11.8 Å². The van der Waals surface area contributed by atoms with Crippen LogP contribution in [0, 0.1) is 5.21 Å². The molecule has 1 aliphatic rings. The first kappa shape index (κ1) is 4.99. The van der Waals surface area contributed by atoms with Gasteiger partial charge in [0.05, 0.1) is 0 Å². The predicted octanol–water partition coefficient (Wildman–Crippen LogP) is -0.591. The highest BCUT2D eigenvalue weighted by molar-refractivity contribution is 6.13. The van der Waals surface area contributed by atoms with Crippen LogP contribution < -0.4 is 0 Å². The van der Waals surface area contributed by atoms with E-state index in [1.165, 1.54) is 0 Å². The summed E-state index contributed by atoms with van der Waals surface area (Å²) in [5.74, 6) is -1.59. The largest absolute Gasteiger partial charge is 0.749 e. The van der Waals surface area contributed by atoms with Crippen LogP contribution >= 0.6 is 0 Å². The van der Waals surface area contributed by atoms with E-state index < -0.39 is 11.8 Å². The van der Waals surface area contributed by atoms with E-state index in [9.17, 15) is 14.8 Å². The Labute approximate surface area is 45.0 Å². The topological polar surface area (TPSA) is 60.4 Å². The number of hydrogen-bond acceptors (Lipinski definition) is 3. The standard InChI is InChI=1S/C4H2NO3/c6-3-1-2-4(7)5(3)8/h1-2H/q-1. The summed E-state index contributed by atoms with van der Waals surface area (Å²) < 4.78 is 0. The van der Waals surface area contributed by atoms with Crippen molar-refractivity contribution in [2.45, 2.75) is 0 Å². The number of rotatable bonds is 0. The Morgan fingerprint density at radius 3 is 1.75 bits per heavy atom. The number of hydrogen-bond donors (Lipinski definition) is 0. The molecule has 0 aromatic rings. The third-order valence-electron chi connectivity index (χ3n) is 0.769. The van der Waals surface area contributed by atoms with Gasteiger partial charge in [0.1, 0.15) is 0 Å². The Kier molecular flexibility index (Phi) is 0.881. The SMILES string of the molecule is O=C1C=CC(=O)N1[O-]. The zero-order chi connectivity index (χ0) is 6.15. The zero-order valence-corrected chi connectivity index (χ0v) is 3.83. The third kappa shape index (κ3) is 0.509. The van der Waals surface area contributed by atoms with Crippen LogP contribution in [0.4, 0.5) is 0 Å². The molecule has 0 unspecified atom stereocenters. The Morgan fingerprint density at radius 2 is 1.62 bits per heavy atom. The lowest BCUT2D eigenvalue weighted by Gasteiger charge is -2.17. The van der Waals surface area contributed by atoms with Crippen LogP contribution in [-0.4, -0.2) is 16.9 Å². The van der Waals surface area contributed by atoms with Crippen molar-refractivity contribution in [1.82, 2.24) is 5.06 Å². The van der Waals surface area contributed by atoms with Gasteiger partial charge >= 0.3 is 0 Å². The van der Waals surface area contributed by atoms with E-state index in [0.717, 1.165) is 12.2 Å². The van der Waals surface area contributed by atoms with Crippen molar-refractivity contribution < 1.29 is 9.59 Å². The molecule has 0 fully saturated rings. The number of nitrogens with zero attached hydrogens (tertiary/aromatic N) is 1. The molecule has 1 rings (SSSR count). The highest BCUT2D eigenvalue weighted by Gasteiger charge is 2.12. The normalized spacial score (nSPS) is 18.4. The molecule has 0 spiro atoms. The fourth-order valence-corrected chi connectivity index (χ4v) is 0.387. The number of carbonyl (C=O) groups excluding carboxylic acids is 2. The number of hydroxylamine groups is 2. The van der Waals surface area contributed by atoms with E-state index in [0.29, 0.717) is 0 Å². The van der Waals surface area contributed by atoms with Crippen molar-refractivity contribution in [3.8, 4) is 0 Å². The van der Waals surface area contributed by atoms with E-state index in [1.54, 1.807) is 0 Å². The van der Waals surface area contributed by atoms with Gasteiger partial charge in [-0.15, -0.1) is 0 Å². The summed E-state index contributed by atoms with van der Waals surface area (Å²) in [6.45, 7) is 0. The highest BCUT2D eigenvalue weighted by Crippen LogP contribution is 1.98. The van der Waals surface area contributed by atoms with Crippen LogP contribution in [0.3, 0.4) is 0 Å². The van der Waals surface area contributed by atoms with Gasteiger partial charge in [0.25, 0.3) is 0 Å². The maximum absolute atomic E-state index is 10.1. The van der Waals surface area contributed by atoms with Crippen LogP contribution in [-0.2, 0) is 9.59 Å².